The first-order valence-corrected chi connectivity index (χ1v) is 19.9. The van der Waals surface area contributed by atoms with Crippen molar-refractivity contribution in [1.29, 1.82) is 0 Å². The van der Waals surface area contributed by atoms with Crippen LogP contribution in [0.15, 0.2) is 0 Å². The van der Waals surface area contributed by atoms with E-state index in [-0.39, 0.29) is 52.1 Å². The van der Waals surface area contributed by atoms with Crippen LogP contribution in [0.4, 0.5) is 0 Å². The maximum atomic E-state index is 12.1. The first-order chi connectivity index (χ1) is 22.7. The molecule has 3 aliphatic carbocycles. The molecule has 49 heavy (non-hydrogen) atoms. The Hall–Kier alpha value is -2.21. The number of cyclic esters (lactones) is 1. The third-order valence-corrected chi connectivity index (χ3v) is 13.6. The monoisotopic (exact) mass is 714 g/mol. The van der Waals surface area contributed by atoms with Gasteiger partial charge in [0, 0.05) is 18.3 Å². The lowest BCUT2D eigenvalue weighted by Gasteiger charge is -2.38. The number of hydrogen-bond donors (Lipinski definition) is 0. The summed E-state index contributed by atoms with van der Waals surface area (Å²) in [5.41, 5.74) is -1.54. The molecule has 2 saturated heterocycles. The van der Waals surface area contributed by atoms with Gasteiger partial charge >= 0.3 is 23.9 Å². The summed E-state index contributed by atoms with van der Waals surface area (Å²) in [4.78, 5) is 46.8. The lowest BCUT2D eigenvalue weighted by atomic mass is 9.82. The van der Waals surface area contributed by atoms with Crippen molar-refractivity contribution in [3.63, 3.8) is 0 Å². The zero-order valence-electron chi connectivity index (χ0n) is 31.6. The van der Waals surface area contributed by atoms with Crippen molar-refractivity contribution in [2.45, 2.75) is 175 Å². The molecule has 0 aromatic carbocycles. The zero-order valence-corrected chi connectivity index (χ0v) is 32.4. The summed E-state index contributed by atoms with van der Waals surface area (Å²) in [5.74, 6) is -0.851. The molecule has 5 rings (SSSR count). The quantitative estimate of drug-likeness (QED) is 0.133. The molecule has 0 amide bonds. The average molecular weight is 715 g/mol. The number of carbonyl (C=O) groups excluding carboxylic acids is 4. The number of esters is 4. The highest BCUT2D eigenvalue weighted by atomic mass is 32.2. The summed E-state index contributed by atoms with van der Waals surface area (Å²) >= 11 is 0. The van der Waals surface area contributed by atoms with E-state index >= 15 is 0 Å². The van der Waals surface area contributed by atoms with Gasteiger partial charge in [0.05, 0.1) is 28.1 Å². The second kappa shape index (κ2) is 16.0. The van der Waals surface area contributed by atoms with Crippen molar-refractivity contribution in [2.75, 3.05) is 6.61 Å². The Morgan fingerprint density at radius 2 is 1.33 bits per heavy atom. The summed E-state index contributed by atoms with van der Waals surface area (Å²) in [6.45, 7) is 19.6. The second-order valence-electron chi connectivity index (χ2n) is 16.4. The third-order valence-electron chi connectivity index (χ3n) is 11.8. The normalized spacial score (nSPS) is 29.5. The molecule has 0 N–H and O–H groups in total. The maximum Gasteiger partial charge on any atom is 0.347 e. The van der Waals surface area contributed by atoms with Gasteiger partial charge < -0.3 is 18.9 Å². The Bertz CT molecular complexity index is 1290. The van der Waals surface area contributed by atoms with Crippen molar-refractivity contribution in [2.24, 2.45) is 28.1 Å². The van der Waals surface area contributed by atoms with Gasteiger partial charge in [-0.15, -0.1) is 0 Å². The van der Waals surface area contributed by atoms with Gasteiger partial charge in [-0.1, -0.05) is 34.1 Å². The molecule has 0 spiro atoms. The number of hydrogen-bond acceptors (Lipinski definition) is 11. The molecule has 11 nitrogen and oxygen atoms in total. The van der Waals surface area contributed by atoms with Crippen molar-refractivity contribution >= 4 is 34.0 Å². The van der Waals surface area contributed by atoms with E-state index in [0.717, 1.165) is 32.1 Å². The van der Waals surface area contributed by atoms with Gasteiger partial charge in [0.2, 0.25) is 6.10 Å². The van der Waals surface area contributed by atoms with Crippen LogP contribution in [0.1, 0.15) is 146 Å². The maximum absolute atomic E-state index is 12.1. The summed E-state index contributed by atoms with van der Waals surface area (Å²) < 4.78 is 50.0. The average Bonchev–Trinajstić information content (AvgIpc) is 3.80. The Morgan fingerprint density at radius 1 is 0.796 bits per heavy atom. The van der Waals surface area contributed by atoms with Crippen LogP contribution < -0.4 is 0 Å². The minimum atomic E-state index is -3.43. The van der Waals surface area contributed by atoms with Gasteiger partial charge in [-0.25, -0.2) is 4.79 Å². The number of fused-ring (bicyclic) bond motifs is 1. The van der Waals surface area contributed by atoms with Gasteiger partial charge in [0.25, 0.3) is 10.1 Å². The van der Waals surface area contributed by atoms with E-state index in [1.54, 1.807) is 13.8 Å². The second-order valence-corrected chi connectivity index (χ2v) is 18.2. The summed E-state index contributed by atoms with van der Waals surface area (Å²) in [6.07, 6.45) is 9.33. The van der Waals surface area contributed by atoms with Gasteiger partial charge in [0.1, 0.15) is 17.8 Å². The fraction of sp³-hybridized carbons (Fsp3) is 0.892. The fourth-order valence-corrected chi connectivity index (χ4v) is 8.57. The van der Waals surface area contributed by atoms with E-state index in [1.807, 2.05) is 48.5 Å². The summed E-state index contributed by atoms with van der Waals surface area (Å²) in [5, 5.41) is -0.364. The van der Waals surface area contributed by atoms with Crippen LogP contribution in [-0.4, -0.2) is 68.1 Å². The first-order valence-electron chi connectivity index (χ1n) is 18.4. The Balaban J connectivity index is 0.000000202. The first kappa shape index (κ1) is 41.2. The largest absolute Gasteiger partial charge is 0.463 e. The molecule has 0 aromatic rings. The molecule has 5 aliphatic rings. The molecule has 282 valence electrons. The van der Waals surface area contributed by atoms with Gasteiger partial charge in [0.15, 0.2) is 0 Å². The Labute approximate surface area is 294 Å². The number of ether oxygens (including phenoxy) is 4. The molecule has 3 saturated carbocycles. The molecule has 2 aliphatic heterocycles. The third kappa shape index (κ3) is 9.57. The number of rotatable bonds is 10. The Morgan fingerprint density at radius 3 is 1.82 bits per heavy atom. The molecular weight excluding hydrogens is 652 g/mol. The van der Waals surface area contributed by atoms with E-state index in [0.29, 0.717) is 32.3 Å². The minimum absolute atomic E-state index is 0.0150. The topological polar surface area (TPSA) is 149 Å². The van der Waals surface area contributed by atoms with Crippen LogP contribution in [0.25, 0.3) is 0 Å². The van der Waals surface area contributed by atoms with E-state index < -0.39 is 39.1 Å². The van der Waals surface area contributed by atoms with Gasteiger partial charge in [-0.05, 0) is 106 Å². The molecule has 0 radical (unpaired) electrons. The van der Waals surface area contributed by atoms with Crippen molar-refractivity contribution < 1.29 is 50.7 Å². The molecule has 2 bridgehead atoms. The van der Waals surface area contributed by atoms with Crippen LogP contribution in [0, 0.1) is 28.1 Å². The predicted molar refractivity (Wildman–Crippen MR) is 184 cm³/mol. The van der Waals surface area contributed by atoms with E-state index in [9.17, 15) is 27.6 Å². The van der Waals surface area contributed by atoms with Crippen molar-refractivity contribution in [3.8, 4) is 0 Å². The fourth-order valence-electron chi connectivity index (χ4n) is 6.69. The highest BCUT2D eigenvalue weighted by Crippen LogP contribution is 2.55. The summed E-state index contributed by atoms with van der Waals surface area (Å²) in [7, 11) is -3.43. The van der Waals surface area contributed by atoms with Crippen LogP contribution in [-0.2, 0) is 52.4 Å². The summed E-state index contributed by atoms with van der Waals surface area (Å²) in [6, 6.07) is 0. The molecule has 5 fully saturated rings. The van der Waals surface area contributed by atoms with Crippen molar-refractivity contribution in [3.05, 3.63) is 0 Å². The lowest BCUT2D eigenvalue weighted by Crippen LogP contribution is -2.40. The van der Waals surface area contributed by atoms with Gasteiger partial charge in [-0.2, -0.15) is 8.42 Å². The zero-order chi connectivity index (χ0) is 37.0. The SMILES string of the molecule is CCC(C)(C)C(=O)OC1C2CC3C1OS(=O)(=O)C3C2.CCC(C)(C)C(=O)OC1CCOC1=O.CCC1(OC(=O)C(C)(C)CC)CCCCC1. The molecular formula is C37H62O11S. The molecule has 12 heteroatoms. The van der Waals surface area contributed by atoms with Crippen LogP contribution in [0.5, 0.6) is 0 Å². The van der Waals surface area contributed by atoms with Crippen LogP contribution in [0.2, 0.25) is 0 Å². The van der Waals surface area contributed by atoms with E-state index in [4.69, 9.17) is 23.1 Å². The molecule has 0 aromatic heterocycles. The van der Waals surface area contributed by atoms with E-state index in [2.05, 4.69) is 6.92 Å². The molecule has 2 heterocycles. The number of carbonyl (C=O) groups is 4. The molecule has 6 unspecified atom stereocenters. The van der Waals surface area contributed by atoms with Crippen molar-refractivity contribution in [1.82, 2.24) is 0 Å². The standard InChI is InChI=1S/C14H26O2.C13H20O5S.C10H16O4/c1-5-13(3,4)12(15)16-14(6-2)10-8-7-9-11-14;1-4-13(2,3)12(14)17-10-7-5-8-9(6-7)19(15,16)18-11(8)10;1-4-10(2,3)9(12)14-7-5-6-13-8(7)11/h5-11H2,1-4H3;7-11H,4-6H2,1-3H3;7H,4-6H2,1-3H3. The van der Waals surface area contributed by atoms with Crippen LogP contribution in [0.3, 0.4) is 0 Å². The smallest absolute Gasteiger partial charge is 0.347 e. The lowest BCUT2D eigenvalue weighted by molar-refractivity contribution is -0.175. The van der Waals surface area contributed by atoms with Gasteiger partial charge in [-0.3, -0.25) is 18.6 Å². The molecule has 6 atom stereocenters. The predicted octanol–water partition coefficient (Wildman–Crippen LogP) is 6.83. The highest BCUT2D eigenvalue weighted by molar-refractivity contribution is 7.87. The highest BCUT2D eigenvalue weighted by Gasteiger charge is 2.65. The Kier molecular flexibility index (Phi) is 13.5. The van der Waals surface area contributed by atoms with Crippen LogP contribution >= 0.6 is 0 Å². The van der Waals surface area contributed by atoms with E-state index in [1.165, 1.54) is 19.3 Å². The minimum Gasteiger partial charge on any atom is -0.463 e.